The molecule has 92 valence electrons. The highest BCUT2D eigenvalue weighted by molar-refractivity contribution is 5.78. The minimum Gasteiger partial charge on any atom is -0.353 e. The third-order valence-electron chi connectivity index (χ3n) is 3.33. The van der Waals surface area contributed by atoms with Crippen molar-refractivity contribution in [1.82, 2.24) is 10.3 Å². The van der Waals surface area contributed by atoms with E-state index in [2.05, 4.69) is 10.3 Å². The predicted molar refractivity (Wildman–Crippen MR) is 67.6 cm³/mol. The van der Waals surface area contributed by atoms with Crippen molar-refractivity contribution in [3.05, 3.63) is 30.1 Å². The van der Waals surface area contributed by atoms with Crippen LogP contribution in [-0.2, 0) is 11.2 Å². The molecule has 0 spiro atoms. The van der Waals surface area contributed by atoms with Gasteiger partial charge >= 0.3 is 0 Å². The van der Waals surface area contributed by atoms with E-state index in [1.54, 1.807) is 12.4 Å². The summed E-state index contributed by atoms with van der Waals surface area (Å²) in [7, 11) is 0. The van der Waals surface area contributed by atoms with E-state index < -0.39 is 0 Å². The number of hydrogen-bond acceptors (Lipinski definition) is 2. The van der Waals surface area contributed by atoms with Crippen LogP contribution in [0, 0.1) is 0 Å². The lowest BCUT2D eigenvalue weighted by molar-refractivity contribution is -0.121. The minimum atomic E-state index is 0.142. The summed E-state index contributed by atoms with van der Waals surface area (Å²) in [5.41, 5.74) is 1.03. The van der Waals surface area contributed by atoms with Gasteiger partial charge in [0, 0.05) is 18.4 Å². The fourth-order valence-electron chi connectivity index (χ4n) is 2.39. The van der Waals surface area contributed by atoms with Crippen molar-refractivity contribution in [1.29, 1.82) is 0 Å². The van der Waals surface area contributed by atoms with E-state index in [0.29, 0.717) is 12.5 Å². The number of amides is 1. The molecule has 0 atom stereocenters. The van der Waals surface area contributed by atoms with Gasteiger partial charge < -0.3 is 5.32 Å². The molecule has 0 saturated heterocycles. The standard InChI is InChI=1S/C14H20N2O/c17-14(11-12-7-9-15-10-8-12)16-13-5-3-1-2-4-6-13/h7-10,13H,1-6,11H2,(H,16,17). The van der Waals surface area contributed by atoms with Crippen LogP contribution in [0.4, 0.5) is 0 Å². The van der Waals surface area contributed by atoms with Crippen LogP contribution in [0.25, 0.3) is 0 Å². The number of aromatic nitrogens is 1. The van der Waals surface area contributed by atoms with E-state index in [4.69, 9.17) is 0 Å². The van der Waals surface area contributed by atoms with Crippen molar-refractivity contribution < 1.29 is 4.79 Å². The van der Waals surface area contributed by atoms with E-state index in [0.717, 1.165) is 18.4 Å². The van der Waals surface area contributed by atoms with Crippen LogP contribution in [0.3, 0.4) is 0 Å². The molecule has 3 nitrogen and oxygen atoms in total. The Morgan fingerprint density at radius 3 is 2.47 bits per heavy atom. The van der Waals surface area contributed by atoms with Gasteiger partial charge in [0.25, 0.3) is 0 Å². The Balaban J connectivity index is 1.80. The van der Waals surface area contributed by atoms with Crippen LogP contribution in [0.1, 0.15) is 44.1 Å². The first-order valence-electron chi connectivity index (χ1n) is 6.53. The average molecular weight is 232 g/mol. The number of nitrogens with zero attached hydrogens (tertiary/aromatic N) is 1. The molecule has 1 saturated carbocycles. The summed E-state index contributed by atoms with van der Waals surface area (Å²) in [5.74, 6) is 0.142. The normalized spacial score (nSPS) is 17.4. The zero-order valence-electron chi connectivity index (χ0n) is 10.2. The highest BCUT2D eigenvalue weighted by Gasteiger charge is 2.14. The topological polar surface area (TPSA) is 42.0 Å². The zero-order valence-corrected chi connectivity index (χ0v) is 10.2. The first-order chi connectivity index (χ1) is 8.34. The van der Waals surface area contributed by atoms with Crippen LogP contribution >= 0.6 is 0 Å². The third-order valence-corrected chi connectivity index (χ3v) is 3.33. The van der Waals surface area contributed by atoms with Crippen molar-refractivity contribution >= 4 is 5.91 Å². The molecule has 1 amide bonds. The number of rotatable bonds is 3. The SMILES string of the molecule is O=C(Cc1ccncc1)NC1CCCCCC1. The van der Waals surface area contributed by atoms with Crippen molar-refractivity contribution in [3.8, 4) is 0 Å². The third kappa shape index (κ3) is 4.17. The second-order valence-corrected chi connectivity index (χ2v) is 4.79. The highest BCUT2D eigenvalue weighted by atomic mass is 16.1. The van der Waals surface area contributed by atoms with Gasteiger partial charge in [-0.15, -0.1) is 0 Å². The quantitative estimate of drug-likeness (QED) is 0.813. The number of pyridine rings is 1. The summed E-state index contributed by atoms with van der Waals surface area (Å²) in [6, 6.07) is 4.19. The van der Waals surface area contributed by atoms with Gasteiger partial charge in [-0.2, -0.15) is 0 Å². The lowest BCUT2D eigenvalue weighted by atomic mass is 10.1. The Morgan fingerprint density at radius 1 is 1.18 bits per heavy atom. The molecular formula is C14H20N2O. The summed E-state index contributed by atoms with van der Waals surface area (Å²) in [5, 5.41) is 3.15. The van der Waals surface area contributed by atoms with E-state index in [-0.39, 0.29) is 5.91 Å². The molecule has 2 rings (SSSR count). The Kier molecular flexibility index (Phi) is 4.54. The second kappa shape index (κ2) is 6.38. The van der Waals surface area contributed by atoms with Crippen LogP contribution in [-0.4, -0.2) is 16.9 Å². The second-order valence-electron chi connectivity index (χ2n) is 4.79. The molecule has 1 aromatic rings. The molecule has 0 aliphatic heterocycles. The molecule has 17 heavy (non-hydrogen) atoms. The first kappa shape index (κ1) is 12.1. The van der Waals surface area contributed by atoms with E-state index in [1.165, 1.54) is 25.7 Å². The predicted octanol–water partition coefficient (Wildman–Crippen LogP) is 2.46. The summed E-state index contributed by atoms with van der Waals surface area (Å²) in [6.07, 6.45) is 11.3. The molecule has 1 fully saturated rings. The maximum atomic E-state index is 11.9. The molecule has 1 aliphatic carbocycles. The Hall–Kier alpha value is -1.38. The largest absolute Gasteiger partial charge is 0.353 e. The molecule has 3 heteroatoms. The van der Waals surface area contributed by atoms with Crippen molar-refractivity contribution in [2.45, 2.75) is 51.0 Å². The highest BCUT2D eigenvalue weighted by Crippen LogP contribution is 2.17. The molecule has 0 aromatic carbocycles. The molecular weight excluding hydrogens is 212 g/mol. The molecule has 0 unspecified atom stereocenters. The maximum Gasteiger partial charge on any atom is 0.224 e. The maximum absolute atomic E-state index is 11.9. The number of nitrogens with one attached hydrogen (secondary N) is 1. The summed E-state index contributed by atoms with van der Waals surface area (Å²) < 4.78 is 0. The Bertz CT molecular complexity index is 342. The van der Waals surface area contributed by atoms with Crippen LogP contribution in [0.2, 0.25) is 0 Å². The fraction of sp³-hybridized carbons (Fsp3) is 0.571. The van der Waals surface area contributed by atoms with Gasteiger partial charge in [-0.05, 0) is 30.5 Å². The van der Waals surface area contributed by atoms with Crippen molar-refractivity contribution in [2.75, 3.05) is 0 Å². The summed E-state index contributed by atoms with van der Waals surface area (Å²) in [4.78, 5) is 15.8. The smallest absolute Gasteiger partial charge is 0.224 e. The van der Waals surface area contributed by atoms with E-state index in [1.807, 2.05) is 12.1 Å². The van der Waals surface area contributed by atoms with Crippen LogP contribution in [0.5, 0.6) is 0 Å². The molecule has 1 heterocycles. The van der Waals surface area contributed by atoms with Gasteiger partial charge in [0.2, 0.25) is 5.91 Å². The monoisotopic (exact) mass is 232 g/mol. The van der Waals surface area contributed by atoms with Gasteiger partial charge in [-0.3, -0.25) is 9.78 Å². The molecule has 0 bridgehead atoms. The molecule has 0 radical (unpaired) electrons. The number of carbonyl (C=O) groups excluding carboxylic acids is 1. The van der Waals surface area contributed by atoms with Gasteiger partial charge in [-0.25, -0.2) is 0 Å². The minimum absolute atomic E-state index is 0.142. The first-order valence-corrected chi connectivity index (χ1v) is 6.53. The molecule has 1 aliphatic rings. The average Bonchev–Trinajstić information content (AvgIpc) is 2.59. The number of carbonyl (C=O) groups is 1. The Labute approximate surface area is 103 Å². The number of hydrogen-bond donors (Lipinski definition) is 1. The zero-order chi connectivity index (χ0) is 11.9. The van der Waals surface area contributed by atoms with Crippen LogP contribution in [0.15, 0.2) is 24.5 Å². The Morgan fingerprint density at radius 2 is 1.82 bits per heavy atom. The lowest BCUT2D eigenvalue weighted by Crippen LogP contribution is -2.35. The van der Waals surface area contributed by atoms with E-state index in [9.17, 15) is 4.79 Å². The molecule has 1 N–H and O–H groups in total. The van der Waals surface area contributed by atoms with Gasteiger partial charge in [-0.1, -0.05) is 25.7 Å². The van der Waals surface area contributed by atoms with Gasteiger partial charge in [0.1, 0.15) is 0 Å². The molecule has 1 aromatic heterocycles. The summed E-state index contributed by atoms with van der Waals surface area (Å²) >= 11 is 0. The van der Waals surface area contributed by atoms with Gasteiger partial charge in [0.05, 0.1) is 6.42 Å². The lowest BCUT2D eigenvalue weighted by Gasteiger charge is -2.16. The van der Waals surface area contributed by atoms with Crippen molar-refractivity contribution in [2.24, 2.45) is 0 Å². The fourth-order valence-corrected chi connectivity index (χ4v) is 2.39. The van der Waals surface area contributed by atoms with Crippen LogP contribution < -0.4 is 5.32 Å². The van der Waals surface area contributed by atoms with E-state index >= 15 is 0 Å². The van der Waals surface area contributed by atoms with Crippen molar-refractivity contribution in [3.63, 3.8) is 0 Å². The van der Waals surface area contributed by atoms with Gasteiger partial charge in [0.15, 0.2) is 0 Å². The summed E-state index contributed by atoms with van der Waals surface area (Å²) in [6.45, 7) is 0.